The third-order valence-electron chi connectivity index (χ3n) is 2.99. The largest absolute Gasteiger partial charge is 0.491 e. The Hall–Kier alpha value is -2.41. The highest BCUT2D eigenvalue weighted by atomic mass is 79.9. The molecule has 1 aliphatic carbocycles. The van der Waals surface area contributed by atoms with Gasteiger partial charge in [0.05, 0.1) is 24.6 Å². The number of hydrogen-bond acceptors (Lipinski definition) is 6. The van der Waals surface area contributed by atoms with E-state index in [0.717, 1.165) is 0 Å². The predicted octanol–water partition coefficient (Wildman–Crippen LogP) is 2.17. The Labute approximate surface area is 128 Å². The SMILES string of the molecule is COC1=C(Br)C(=O)c2nc(-c3cnccn3)ccc2C1=O. The van der Waals surface area contributed by atoms with Crippen molar-refractivity contribution in [2.45, 2.75) is 0 Å². The first-order valence-electron chi connectivity index (χ1n) is 5.94. The summed E-state index contributed by atoms with van der Waals surface area (Å²) in [6.07, 6.45) is 4.61. The highest BCUT2D eigenvalue weighted by molar-refractivity contribution is 9.12. The van der Waals surface area contributed by atoms with Gasteiger partial charge in [0.15, 0.2) is 5.76 Å². The van der Waals surface area contributed by atoms with Crippen LogP contribution in [0.5, 0.6) is 0 Å². The predicted molar refractivity (Wildman–Crippen MR) is 76.9 cm³/mol. The van der Waals surface area contributed by atoms with Crippen LogP contribution in [0.1, 0.15) is 20.8 Å². The van der Waals surface area contributed by atoms with Gasteiger partial charge in [0.25, 0.3) is 0 Å². The van der Waals surface area contributed by atoms with E-state index in [-0.39, 0.29) is 27.3 Å². The summed E-state index contributed by atoms with van der Waals surface area (Å²) in [5, 5.41) is 0. The Bertz CT molecular complexity index is 787. The van der Waals surface area contributed by atoms with Crippen molar-refractivity contribution in [2.24, 2.45) is 0 Å². The molecule has 0 radical (unpaired) electrons. The van der Waals surface area contributed by atoms with E-state index in [9.17, 15) is 9.59 Å². The fourth-order valence-corrected chi connectivity index (χ4v) is 2.53. The molecule has 0 saturated heterocycles. The molecule has 0 spiro atoms. The quantitative estimate of drug-likeness (QED) is 0.829. The molecule has 0 aliphatic heterocycles. The molecule has 0 unspecified atom stereocenters. The third-order valence-corrected chi connectivity index (χ3v) is 3.71. The summed E-state index contributed by atoms with van der Waals surface area (Å²) < 4.78 is 5.05. The minimum atomic E-state index is -0.396. The molecule has 3 rings (SSSR count). The number of carbonyl (C=O) groups is 2. The smallest absolute Gasteiger partial charge is 0.231 e. The van der Waals surface area contributed by atoms with E-state index in [1.54, 1.807) is 18.3 Å². The molecule has 21 heavy (non-hydrogen) atoms. The second-order valence-corrected chi connectivity index (χ2v) is 4.98. The van der Waals surface area contributed by atoms with Crippen LogP contribution in [0.15, 0.2) is 41.0 Å². The number of methoxy groups -OCH3 is 1. The first kappa shape index (κ1) is 13.6. The monoisotopic (exact) mass is 345 g/mol. The summed E-state index contributed by atoms with van der Waals surface area (Å²) in [6, 6.07) is 3.17. The molecule has 0 bridgehead atoms. The summed E-state index contributed by atoms with van der Waals surface area (Å²) in [5.74, 6) is -0.786. The first-order valence-corrected chi connectivity index (χ1v) is 6.73. The second-order valence-electron chi connectivity index (χ2n) is 4.19. The Morgan fingerprint density at radius 3 is 2.57 bits per heavy atom. The molecule has 1 aliphatic rings. The lowest BCUT2D eigenvalue weighted by molar-refractivity contribution is 0.0911. The first-order chi connectivity index (χ1) is 10.1. The van der Waals surface area contributed by atoms with Gasteiger partial charge in [0.1, 0.15) is 15.9 Å². The van der Waals surface area contributed by atoms with Crippen LogP contribution >= 0.6 is 15.9 Å². The lowest BCUT2D eigenvalue weighted by Gasteiger charge is -2.16. The van der Waals surface area contributed by atoms with E-state index < -0.39 is 5.78 Å². The number of carbonyl (C=O) groups excluding carboxylic acids is 2. The van der Waals surface area contributed by atoms with Gasteiger partial charge < -0.3 is 4.74 Å². The van der Waals surface area contributed by atoms with Crippen LogP contribution < -0.4 is 0 Å². The van der Waals surface area contributed by atoms with Crippen molar-refractivity contribution in [1.29, 1.82) is 0 Å². The van der Waals surface area contributed by atoms with Crippen LogP contribution in [0.3, 0.4) is 0 Å². The molecule has 7 heteroatoms. The number of ether oxygens (including phenoxy) is 1. The lowest BCUT2D eigenvalue weighted by Crippen LogP contribution is -2.22. The van der Waals surface area contributed by atoms with E-state index >= 15 is 0 Å². The van der Waals surface area contributed by atoms with Crippen molar-refractivity contribution in [2.75, 3.05) is 7.11 Å². The number of halogens is 1. The van der Waals surface area contributed by atoms with E-state index in [0.29, 0.717) is 11.4 Å². The van der Waals surface area contributed by atoms with Gasteiger partial charge in [-0.25, -0.2) is 4.98 Å². The lowest BCUT2D eigenvalue weighted by atomic mass is 9.97. The maximum absolute atomic E-state index is 12.3. The molecular formula is C14H8BrN3O3. The summed E-state index contributed by atoms with van der Waals surface area (Å²) >= 11 is 3.09. The maximum Gasteiger partial charge on any atom is 0.231 e. The molecule has 0 saturated carbocycles. The van der Waals surface area contributed by atoms with Crippen LogP contribution in [-0.2, 0) is 4.74 Å². The fraction of sp³-hybridized carbons (Fsp3) is 0.0714. The van der Waals surface area contributed by atoms with Crippen molar-refractivity contribution >= 4 is 27.5 Å². The summed E-state index contributed by atoms with van der Waals surface area (Å²) in [5.41, 5.74) is 1.30. The highest BCUT2D eigenvalue weighted by Gasteiger charge is 2.33. The zero-order chi connectivity index (χ0) is 15.0. The van der Waals surface area contributed by atoms with Crippen LogP contribution in [-0.4, -0.2) is 33.6 Å². The van der Waals surface area contributed by atoms with Gasteiger partial charge in [-0.2, -0.15) is 0 Å². The zero-order valence-electron chi connectivity index (χ0n) is 10.8. The standard InChI is InChI=1S/C14H8BrN3O3/c1-21-14-10(15)13(20)11-7(12(14)19)2-3-8(18-11)9-6-16-4-5-17-9/h2-6H,1H3. The van der Waals surface area contributed by atoms with Crippen molar-refractivity contribution in [3.63, 3.8) is 0 Å². The van der Waals surface area contributed by atoms with Crippen molar-refractivity contribution in [1.82, 2.24) is 15.0 Å². The summed E-state index contributed by atoms with van der Waals surface area (Å²) in [6.45, 7) is 0. The summed E-state index contributed by atoms with van der Waals surface area (Å²) in [4.78, 5) is 36.8. The van der Waals surface area contributed by atoms with Crippen LogP contribution in [0.25, 0.3) is 11.4 Å². The molecule has 0 N–H and O–H groups in total. The van der Waals surface area contributed by atoms with Gasteiger partial charge in [-0.05, 0) is 28.1 Å². The number of allylic oxidation sites excluding steroid dienone is 2. The van der Waals surface area contributed by atoms with E-state index in [1.165, 1.54) is 19.5 Å². The average Bonchev–Trinajstić information content (AvgIpc) is 2.54. The summed E-state index contributed by atoms with van der Waals surface area (Å²) in [7, 11) is 1.34. The molecule has 104 valence electrons. The number of fused-ring (bicyclic) bond motifs is 1. The number of nitrogens with zero attached hydrogens (tertiary/aromatic N) is 3. The molecule has 0 atom stereocenters. The van der Waals surface area contributed by atoms with Gasteiger partial charge in [-0.3, -0.25) is 19.6 Å². The number of aromatic nitrogens is 3. The second kappa shape index (κ2) is 5.17. The van der Waals surface area contributed by atoms with Crippen LogP contribution in [0.2, 0.25) is 0 Å². The number of hydrogen-bond donors (Lipinski definition) is 0. The maximum atomic E-state index is 12.3. The Morgan fingerprint density at radius 2 is 1.90 bits per heavy atom. The normalized spacial score (nSPS) is 14.2. The molecule has 2 heterocycles. The van der Waals surface area contributed by atoms with E-state index in [4.69, 9.17) is 4.74 Å². The highest BCUT2D eigenvalue weighted by Crippen LogP contribution is 2.30. The molecule has 2 aromatic rings. The van der Waals surface area contributed by atoms with Crippen molar-refractivity contribution in [3.05, 3.63) is 52.2 Å². The Morgan fingerprint density at radius 1 is 1.10 bits per heavy atom. The van der Waals surface area contributed by atoms with Crippen molar-refractivity contribution in [3.8, 4) is 11.4 Å². The van der Waals surface area contributed by atoms with Gasteiger partial charge >= 0.3 is 0 Å². The van der Waals surface area contributed by atoms with Crippen LogP contribution in [0.4, 0.5) is 0 Å². The molecule has 6 nitrogen and oxygen atoms in total. The average molecular weight is 346 g/mol. The molecule has 0 fully saturated rings. The van der Waals surface area contributed by atoms with Gasteiger partial charge in [0.2, 0.25) is 11.6 Å². The molecule has 0 aromatic carbocycles. The number of Topliss-reactive ketones (excluding diaryl/α,β-unsaturated/α-hetero) is 2. The van der Waals surface area contributed by atoms with Gasteiger partial charge in [-0.15, -0.1) is 0 Å². The molecular weight excluding hydrogens is 338 g/mol. The molecule has 0 amide bonds. The third kappa shape index (κ3) is 2.15. The van der Waals surface area contributed by atoms with Crippen LogP contribution in [0, 0.1) is 0 Å². The topological polar surface area (TPSA) is 82.0 Å². The Balaban J connectivity index is 2.15. The van der Waals surface area contributed by atoms with E-state index in [2.05, 4.69) is 30.9 Å². The minimum absolute atomic E-state index is 0.0125. The number of pyridine rings is 1. The number of rotatable bonds is 2. The fourth-order valence-electron chi connectivity index (χ4n) is 2.00. The Kier molecular flexibility index (Phi) is 3.34. The molecule has 2 aromatic heterocycles. The van der Waals surface area contributed by atoms with Crippen molar-refractivity contribution < 1.29 is 14.3 Å². The number of ketones is 2. The minimum Gasteiger partial charge on any atom is -0.491 e. The van der Waals surface area contributed by atoms with E-state index in [1.807, 2.05) is 0 Å². The van der Waals surface area contributed by atoms with Gasteiger partial charge in [-0.1, -0.05) is 0 Å². The zero-order valence-corrected chi connectivity index (χ0v) is 12.4. The van der Waals surface area contributed by atoms with Gasteiger partial charge in [0, 0.05) is 12.4 Å².